The van der Waals surface area contributed by atoms with Gasteiger partial charge in [0.1, 0.15) is 5.75 Å². The highest BCUT2D eigenvalue weighted by molar-refractivity contribution is 9.10. The first-order valence-electron chi connectivity index (χ1n) is 6.83. The molecule has 0 heterocycles. The molecule has 0 fully saturated rings. The van der Waals surface area contributed by atoms with E-state index in [4.69, 9.17) is 4.74 Å². The summed E-state index contributed by atoms with van der Waals surface area (Å²) in [6.45, 7) is 7.82. The summed E-state index contributed by atoms with van der Waals surface area (Å²) in [6.07, 6.45) is 0. The molecule has 0 bridgehead atoms. The number of rotatable bonds is 3. The Balaban J connectivity index is 2.75. The second-order valence-electron chi connectivity index (χ2n) is 5.30. The van der Waals surface area contributed by atoms with Gasteiger partial charge in [-0.1, -0.05) is 34.1 Å². The zero-order valence-electron chi connectivity index (χ0n) is 13.0. The maximum atomic E-state index is 13.1. The quantitative estimate of drug-likeness (QED) is 0.737. The van der Waals surface area contributed by atoms with E-state index in [9.17, 15) is 4.79 Å². The molecule has 0 aliphatic heterocycles. The molecule has 0 saturated heterocycles. The van der Waals surface area contributed by atoms with Gasteiger partial charge in [-0.25, -0.2) is 0 Å². The van der Waals surface area contributed by atoms with Crippen molar-refractivity contribution in [1.82, 2.24) is 0 Å². The van der Waals surface area contributed by atoms with Crippen LogP contribution in [0.4, 0.5) is 0 Å². The van der Waals surface area contributed by atoms with Gasteiger partial charge in [-0.2, -0.15) is 0 Å². The molecule has 0 saturated carbocycles. The van der Waals surface area contributed by atoms with Crippen LogP contribution in [0.15, 0.2) is 28.7 Å². The number of halogens is 1. The standard InChI is InChI=1S/C18H19BrO2/c1-10-7-6-8-11(2)15(10)17(20)16-13(4)14(19)9-12(3)18(16)21-5/h6-9H,1-5H3. The van der Waals surface area contributed by atoms with Crippen LogP contribution in [0.5, 0.6) is 5.75 Å². The van der Waals surface area contributed by atoms with Crippen molar-refractivity contribution in [2.24, 2.45) is 0 Å². The maximum absolute atomic E-state index is 13.1. The van der Waals surface area contributed by atoms with Crippen molar-refractivity contribution in [3.63, 3.8) is 0 Å². The summed E-state index contributed by atoms with van der Waals surface area (Å²) in [4.78, 5) is 13.1. The molecule has 3 heteroatoms. The Labute approximate surface area is 134 Å². The predicted molar refractivity (Wildman–Crippen MR) is 89.5 cm³/mol. The van der Waals surface area contributed by atoms with Crippen LogP contribution in [0.3, 0.4) is 0 Å². The predicted octanol–water partition coefficient (Wildman–Crippen LogP) is 4.92. The Hall–Kier alpha value is -1.61. The molecule has 0 aliphatic carbocycles. The zero-order valence-corrected chi connectivity index (χ0v) is 14.6. The first-order valence-corrected chi connectivity index (χ1v) is 7.62. The van der Waals surface area contributed by atoms with Gasteiger partial charge in [0, 0.05) is 10.0 Å². The minimum atomic E-state index is 0.0179. The minimum Gasteiger partial charge on any atom is -0.496 e. The van der Waals surface area contributed by atoms with Gasteiger partial charge in [-0.3, -0.25) is 4.79 Å². The van der Waals surface area contributed by atoms with Crippen molar-refractivity contribution in [3.05, 3.63) is 62.1 Å². The van der Waals surface area contributed by atoms with Crippen LogP contribution < -0.4 is 4.74 Å². The van der Waals surface area contributed by atoms with E-state index < -0.39 is 0 Å². The molecular weight excluding hydrogens is 328 g/mol. The third kappa shape index (κ3) is 2.75. The van der Waals surface area contributed by atoms with Gasteiger partial charge >= 0.3 is 0 Å². The number of hydrogen-bond donors (Lipinski definition) is 0. The molecule has 2 rings (SSSR count). The van der Waals surface area contributed by atoms with Crippen molar-refractivity contribution in [1.29, 1.82) is 0 Å². The third-order valence-corrected chi connectivity index (χ3v) is 4.62. The molecule has 0 aliphatic rings. The highest BCUT2D eigenvalue weighted by Gasteiger charge is 2.23. The van der Waals surface area contributed by atoms with Crippen molar-refractivity contribution >= 4 is 21.7 Å². The van der Waals surface area contributed by atoms with Gasteiger partial charge in [0.05, 0.1) is 12.7 Å². The van der Waals surface area contributed by atoms with Gasteiger partial charge in [-0.05, 0) is 56.0 Å². The Morgan fingerprint density at radius 3 is 2.10 bits per heavy atom. The van der Waals surface area contributed by atoms with E-state index in [2.05, 4.69) is 15.9 Å². The van der Waals surface area contributed by atoms with Gasteiger partial charge in [0.2, 0.25) is 0 Å². The number of methoxy groups -OCH3 is 1. The number of carbonyl (C=O) groups is 1. The highest BCUT2D eigenvalue weighted by atomic mass is 79.9. The molecular formula is C18H19BrO2. The smallest absolute Gasteiger partial charge is 0.197 e. The van der Waals surface area contributed by atoms with Crippen molar-refractivity contribution in [2.45, 2.75) is 27.7 Å². The molecule has 2 nitrogen and oxygen atoms in total. The van der Waals surface area contributed by atoms with E-state index in [1.807, 2.05) is 52.0 Å². The Morgan fingerprint density at radius 1 is 1.00 bits per heavy atom. The first kappa shape index (κ1) is 15.8. The largest absolute Gasteiger partial charge is 0.496 e. The first-order chi connectivity index (χ1) is 9.88. The normalized spacial score (nSPS) is 10.6. The summed E-state index contributed by atoms with van der Waals surface area (Å²) >= 11 is 3.53. The fourth-order valence-corrected chi connectivity index (χ4v) is 3.23. The molecule has 0 unspecified atom stereocenters. The van der Waals surface area contributed by atoms with Gasteiger partial charge in [-0.15, -0.1) is 0 Å². The lowest BCUT2D eigenvalue weighted by molar-refractivity contribution is 0.103. The number of benzene rings is 2. The second-order valence-corrected chi connectivity index (χ2v) is 6.16. The summed E-state index contributed by atoms with van der Waals surface area (Å²) in [5, 5.41) is 0. The average molecular weight is 347 g/mol. The molecule has 2 aromatic carbocycles. The summed E-state index contributed by atoms with van der Waals surface area (Å²) in [6, 6.07) is 7.88. The molecule has 0 atom stereocenters. The molecule has 0 N–H and O–H groups in total. The van der Waals surface area contributed by atoms with Crippen LogP contribution in [0, 0.1) is 27.7 Å². The lowest BCUT2D eigenvalue weighted by atomic mass is 9.91. The monoisotopic (exact) mass is 346 g/mol. The van der Waals surface area contributed by atoms with Crippen LogP contribution >= 0.6 is 15.9 Å². The van der Waals surface area contributed by atoms with Gasteiger partial charge in [0.25, 0.3) is 0 Å². The van der Waals surface area contributed by atoms with E-state index in [1.165, 1.54) is 0 Å². The fraction of sp³-hybridized carbons (Fsp3) is 0.278. The van der Waals surface area contributed by atoms with E-state index in [1.54, 1.807) is 7.11 Å². The highest BCUT2D eigenvalue weighted by Crippen LogP contribution is 2.34. The number of carbonyl (C=O) groups excluding carboxylic acids is 1. The molecule has 2 aromatic rings. The second kappa shape index (κ2) is 6.02. The number of aryl methyl sites for hydroxylation is 3. The lowest BCUT2D eigenvalue weighted by Crippen LogP contribution is -2.11. The fourth-order valence-electron chi connectivity index (χ4n) is 2.68. The van der Waals surface area contributed by atoms with Crippen molar-refractivity contribution in [3.8, 4) is 5.75 Å². The van der Waals surface area contributed by atoms with Crippen LogP contribution in [0.2, 0.25) is 0 Å². The molecule has 0 radical (unpaired) electrons. The van der Waals surface area contributed by atoms with Crippen molar-refractivity contribution < 1.29 is 9.53 Å². The Bertz CT molecular complexity index is 697. The van der Waals surface area contributed by atoms with Crippen molar-refractivity contribution in [2.75, 3.05) is 7.11 Å². The van der Waals surface area contributed by atoms with E-state index in [-0.39, 0.29) is 5.78 Å². The summed E-state index contributed by atoms with van der Waals surface area (Å²) in [7, 11) is 1.61. The SMILES string of the molecule is COc1c(C)cc(Br)c(C)c1C(=O)c1c(C)cccc1C. The summed E-state index contributed by atoms with van der Waals surface area (Å²) in [5.41, 5.74) is 5.23. The summed E-state index contributed by atoms with van der Waals surface area (Å²) in [5.74, 6) is 0.674. The molecule has 0 amide bonds. The number of ether oxygens (including phenoxy) is 1. The van der Waals surface area contributed by atoms with Gasteiger partial charge in [0.15, 0.2) is 5.78 Å². The van der Waals surface area contributed by atoms with Crippen LogP contribution in [-0.2, 0) is 0 Å². The molecule has 110 valence electrons. The van der Waals surface area contributed by atoms with Crippen LogP contribution in [0.25, 0.3) is 0 Å². The molecule has 0 aromatic heterocycles. The number of ketones is 1. The molecule has 21 heavy (non-hydrogen) atoms. The average Bonchev–Trinajstić information content (AvgIpc) is 2.42. The Morgan fingerprint density at radius 2 is 1.57 bits per heavy atom. The number of hydrogen-bond acceptors (Lipinski definition) is 2. The lowest BCUT2D eigenvalue weighted by Gasteiger charge is -2.17. The van der Waals surface area contributed by atoms with E-state index in [0.717, 1.165) is 32.3 Å². The zero-order chi connectivity index (χ0) is 15.7. The van der Waals surface area contributed by atoms with E-state index in [0.29, 0.717) is 11.3 Å². The molecule has 0 spiro atoms. The third-order valence-electron chi connectivity index (χ3n) is 3.80. The topological polar surface area (TPSA) is 26.3 Å². The maximum Gasteiger partial charge on any atom is 0.197 e. The van der Waals surface area contributed by atoms with E-state index >= 15 is 0 Å². The van der Waals surface area contributed by atoms with Gasteiger partial charge < -0.3 is 4.74 Å². The summed E-state index contributed by atoms with van der Waals surface area (Å²) < 4.78 is 6.42. The Kier molecular flexibility index (Phi) is 4.52. The minimum absolute atomic E-state index is 0.0179. The van der Waals surface area contributed by atoms with Crippen LogP contribution in [0.1, 0.15) is 38.2 Å². The van der Waals surface area contributed by atoms with Crippen LogP contribution in [-0.4, -0.2) is 12.9 Å².